The fourth-order valence-corrected chi connectivity index (χ4v) is 4.63. The molecule has 0 spiro atoms. The zero-order valence-electron chi connectivity index (χ0n) is 9.84. The molecular formula is C11H14Br2INO2S. The summed E-state index contributed by atoms with van der Waals surface area (Å²) in [5.74, 6) is 0. The molecule has 0 saturated heterocycles. The molecule has 0 aliphatic carbocycles. The lowest BCUT2D eigenvalue weighted by Crippen LogP contribution is -2.25. The molecular weight excluding hydrogens is 497 g/mol. The van der Waals surface area contributed by atoms with Crippen molar-refractivity contribution in [3.05, 3.63) is 26.6 Å². The molecule has 7 heteroatoms. The van der Waals surface area contributed by atoms with Crippen molar-refractivity contribution in [1.29, 1.82) is 0 Å². The van der Waals surface area contributed by atoms with Gasteiger partial charge in [0.05, 0.1) is 4.90 Å². The number of hydrogen-bond donors (Lipinski definition) is 1. The molecule has 1 N–H and O–H groups in total. The van der Waals surface area contributed by atoms with Crippen LogP contribution in [-0.2, 0) is 10.0 Å². The number of aryl methyl sites for hydroxylation is 1. The Morgan fingerprint density at radius 3 is 2.50 bits per heavy atom. The van der Waals surface area contributed by atoms with Crippen LogP contribution in [0, 0.1) is 6.92 Å². The maximum Gasteiger partial charge on any atom is 0.241 e. The number of sulfonamides is 1. The summed E-state index contributed by atoms with van der Waals surface area (Å²) in [5, 5.41) is 0. The van der Waals surface area contributed by atoms with Gasteiger partial charge >= 0.3 is 0 Å². The van der Waals surface area contributed by atoms with Crippen LogP contribution in [0.25, 0.3) is 0 Å². The van der Waals surface area contributed by atoms with E-state index in [0.29, 0.717) is 11.0 Å². The van der Waals surface area contributed by atoms with E-state index >= 15 is 0 Å². The lowest BCUT2D eigenvalue weighted by Gasteiger charge is -2.10. The zero-order chi connectivity index (χ0) is 13.8. The molecule has 1 rings (SSSR count). The van der Waals surface area contributed by atoms with Gasteiger partial charge in [-0.25, -0.2) is 13.1 Å². The molecule has 0 aliphatic rings. The third-order valence-corrected chi connectivity index (χ3v) is 6.39. The maximum absolute atomic E-state index is 12.1. The van der Waals surface area contributed by atoms with Gasteiger partial charge in [0, 0.05) is 15.5 Å². The molecule has 1 aromatic carbocycles. The lowest BCUT2D eigenvalue weighted by atomic mass is 10.2. The van der Waals surface area contributed by atoms with E-state index in [1.165, 1.54) is 0 Å². The second-order valence-electron chi connectivity index (χ2n) is 3.83. The number of rotatable bonds is 6. The average molecular weight is 511 g/mol. The predicted octanol–water partition coefficient (Wildman–Crippen LogP) is 4.01. The minimum absolute atomic E-state index is 0.273. The molecule has 1 aromatic rings. The largest absolute Gasteiger partial charge is 0.241 e. The van der Waals surface area contributed by atoms with E-state index in [4.69, 9.17) is 0 Å². The summed E-state index contributed by atoms with van der Waals surface area (Å²) >= 11 is 8.93. The minimum atomic E-state index is -3.44. The highest BCUT2D eigenvalue weighted by Gasteiger charge is 2.18. The molecule has 0 amide bonds. The van der Waals surface area contributed by atoms with E-state index in [1.54, 1.807) is 12.1 Å². The van der Waals surface area contributed by atoms with Crippen LogP contribution in [0.15, 0.2) is 26.0 Å². The Labute approximate surface area is 139 Å². The van der Waals surface area contributed by atoms with E-state index in [1.807, 2.05) is 6.92 Å². The van der Waals surface area contributed by atoms with Gasteiger partial charge in [-0.15, -0.1) is 0 Å². The van der Waals surface area contributed by atoms with Gasteiger partial charge in [-0.2, -0.15) is 0 Å². The number of hydrogen-bond acceptors (Lipinski definition) is 2. The summed E-state index contributed by atoms with van der Waals surface area (Å²) in [7, 11) is -3.44. The molecule has 0 atom stereocenters. The van der Waals surface area contributed by atoms with Crippen molar-refractivity contribution in [2.24, 2.45) is 0 Å². The Kier molecular flexibility index (Phi) is 7.09. The van der Waals surface area contributed by atoms with Gasteiger partial charge in [0.2, 0.25) is 10.0 Å². The van der Waals surface area contributed by atoms with Gasteiger partial charge in [-0.1, -0.05) is 38.5 Å². The average Bonchev–Trinajstić information content (AvgIpc) is 2.29. The molecule has 0 aliphatic heterocycles. The number of benzene rings is 1. The Hall–Kier alpha value is 0.820. The van der Waals surface area contributed by atoms with Gasteiger partial charge < -0.3 is 0 Å². The Balaban J connectivity index is 2.88. The van der Waals surface area contributed by atoms with Crippen LogP contribution < -0.4 is 4.72 Å². The first-order valence-electron chi connectivity index (χ1n) is 5.40. The van der Waals surface area contributed by atoms with Crippen LogP contribution >= 0.6 is 54.5 Å². The minimum Gasteiger partial charge on any atom is -0.211 e. The number of alkyl halides is 1. The first kappa shape index (κ1) is 16.9. The summed E-state index contributed by atoms with van der Waals surface area (Å²) in [6.07, 6.45) is 1.87. The molecule has 0 aromatic heterocycles. The van der Waals surface area contributed by atoms with Crippen molar-refractivity contribution >= 4 is 64.5 Å². The fourth-order valence-electron chi connectivity index (χ4n) is 1.34. The van der Waals surface area contributed by atoms with E-state index in [2.05, 4.69) is 59.2 Å². The molecule has 102 valence electrons. The second-order valence-corrected chi connectivity index (χ2v) is 8.35. The number of halogens is 3. The lowest BCUT2D eigenvalue weighted by molar-refractivity contribution is 0.578. The molecule has 0 fully saturated rings. The molecule has 0 heterocycles. The van der Waals surface area contributed by atoms with Crippen LogP contribution in [0.5, 0.6) is 0 Å². The Morgan fingerprint density at radius 1 is 1.22 bits per heavy atom. The van der Waals surface area contributed by atoms with Gasteiger partial charge in [-0.05, 0) is 57.8 Å². The molecule has 0 radical (unpaired) electrons. The van der Waals surface area contributed by atoms with Crippen molar-refractivity contribution in [1.82, 2.24) is 4.72 Å². The molecule has 0 bridgehead atoms. The first-order chi connectivity index (χ1) is 8.38. The molecule has 0 saturated carbocycles. The standard InChI is InChI=1S/C11H14Br2INO2S/c1-8-6-10(13)11(7-9(8)12)18(16,17)15-5-3-2-4-14/h6-7,15H,2-5H2,1H3. The van der Waals surface area contributed by atoms with Crippen LogP contribution in [0.2, 0.25) is 0 Å². The molecule has 18 heavy (non-hydrogen) atoms. The summed E-state index contributed by atoms with van der Waals surface area (Å²) in [4.78, 5) is 0.273. The third-order valence-electron chi connectivity index (χ3n) is 2.36. The summed E-state index contributed by atoms with van der Waals surface area (Å²) in [6, 6.07) is 3.42. The van der Waals surface area contributed by atoms with Crippen molar-refractivity contribution in [2.45, 2.75) is 24.7 Å². The van der Waals surface area contributed by atoms with Crippen molar-refractivity contribution in [3.63, 3.8) is 0 Å². The Morgan fingerprint density at radius 2 is 1.89 bits per heavy atom. The van der Waals surface area contributed by atoms with E-state index in [9.17, 15) is 8.42 Å². The van der Waals surface area contributed by atoms with Crippen LogP contribution in [-0.4, -0.2) is 19.4 Å². The highest BCUT2D eigenvalue weighted by molar-refractivity contribution is 14.1. The first-order valence-corrected chi connectivity index (χ1v) is 9.99. The van der Waals surface area contributed by atoms with Crippen molar-refractivity contribution in [2.75, 3.05) is 11.0 Å². The van der Waals surface area contributed by atoms with Crippen molar-refractivity contribution < 1.29 is 8.42 Å². The van der Waals surface area contributed by atoms with E-state index < -0.39 is 10.0 Å². The number of nitrogens with one attached hydrogen (secondary N) is 1. The summed E-state index contributed by atoms with van der Waals surface area (Å²) in [5.41, 5.74) is 0.991. The topological polar surface area (TPSA) is 46.2 Å². The maximum atomic E-state index is 12.1. The van der Waals surface area contributed by atoms with Gasteiger partial charge in [0.25, 0.3) is 0 Å². The van der Waals surface area contributed by atoms with Crippen LogP contribution in [0.4, 0.5) is 0 Å². The van der Waals surface area contributed by atoms with Gasteiger partial charge in [-0.3, -0.25) is 0 Å². The van der Waals surface area contributed by atoms with Gasteiger partial charge in [0.15, 0.2) is 0 Å². The molecule has 3 nitrogen and oxygen atoms in total. The fraction of sp³-hybridized carbons (Fsp3) is 0.455. The normalized spacial score (nSPS) is 11.8. The van der Waals surface area contributed by atoms with E-state index in [0.717, 1.165) is 27.3 Å². The van der Waals surface area contributed by atoms with E-state index in [-0.39, 0.29) is 4.90 Å². The molecule has 0 unspecified atom stereocenters. The monoisotopic (exact) mass is 509 g/mol. The predicted molar refractivity (Wildman–Crippen MR) is 89.9 cm³/mol. The van der Waals surface area contributed by atoms with Crippen LogP contribution in [0.3, 0.4) is 0 Å². The summed E-state index contributed by atoms with van der Waals surface area (Å²) in [6.45, 7) is 2.39. The highest BCUT2D eigenvalue weighted by atomic mass is 127. The number of unbranched alkanes of at least 4 members (excludes halogenated alkanes) is 1. The van der Waals surface area contributed by atoms with Crippen molar-refractivity contribution in [3.8, 4) is 0 Å². The Bertz CT molecular complexity index is 520. The highest BCUT2D eigenvalue weighted by Crippen LogP contribution is 2.28. The smallest absolute Gasteiger partial charge is 0.211 e. The third kappa shape index (κ3) is 4.73. The van der Waals surface area contributed by atoms with Crippen LogP contribution in [0.1, 0.15) is 18.4 Å². The zero-order valence-corrected chi connectivity index (χ0v) is 16.0. The van der Waals surface area contributed by atoms with Gasteiger partial charge in [0.1, 0.15) is 0 Å². The second kappa shape index (κ2) is 7.56. The quantitative estimate of drug-likeness (QED) is 0.357. The summed E-state index contributed by atoms with van der Waals surface area (Å²) < 4.78 is 29.3. The SMILES string of the molecule is Cc1cc(Br)c(S(=O)(=O)NCCCCI)cc1Br.